The van der Waals surface area contributed by atoms with Crippen LogP contribution in [0, 0.1) is 5.92 Å². The second kappa shape index (κ2) is 6.56. The van der Waals surface area contributed by atoms with Gasteiger partial charge in [0.25, 0.3) is 0 Å². The van der Waals surface area contributed by atoms with Crippen LogP contribution in [0.5, 0.6) is 0 Å². The zero-order valence-electron chi connectivity index (χ0n) is 10.3. The first kappa shape index (κ1) is 13.9. The fourth-order valence-electron chi connectivity index (χ4n) is 1.72. The molecule has 0 bridgehead atoms. The summed E-state index contributed by atoms with van der Waals surface area (Å²) in [7, 11) is 0. The van der Waals surface area contributed by atoms with Crippen LogP contribution in [0.3, 0.4) is 0 Å². The molecule has 1 rings (SSSR count). The van der Waals surface area contributed by atoms with Crippen LogP contribution in [-0.4, -0.2) is 43.8 Å². The summed E-state index contributed by atoms with van der Waals surface area (Å²) in [6.45, 7) is 5.04. The third-order valence-electron chi connectivity index (χ3n) is 2.89. The minimum atomic E-state index is -1.24. The number of ether oxygens (including phenoxy) is 2. The molecule has 1 heterocycles. The zero-order valence-corrected chi connectivity index (χ0v) is 10.3. The molecule has 0 saturated carbocycles. The second-order valence-electron chi connectivity index (χ2n) is 4.10. The van der Waals surface area contributed by atoms with Gasteiger partial charge < -0.3 is 20.5 Å². The van der Waals surface area contributed by atoms with Crippen molar-refractivity contribution in [2.24, 2.45) is 11.7 Å². The van der Waals surface area contributed by atoms with E-state index in [0.717, 1.165) is 6.42 Å². The normalized spacial score (nSPS) is 25.4. The summed E-state index contributed by atoms with van der Waals surface area (Å²) < 4.78 is 10.0. The summed E-state index contributed by atoms with van der Waals surface area (Å²) in [5, 5.41) is 2.65. The molecule has 1 saturated heterocycles. The van der Waals surface area contributed by atoms with E-state index in [0.29, 0.717) is 13.2 Å². The fourth-order valence-corrected chi connectivity index (χ4v) is 1.72. The predicted octanol–water partition coefficient (Wildman–Crippen LogP) is -0.582. The van der Waals surface area contributed by atoms with Gasteiger partial charge in [-0.15, -0.1) is 0 Å². The summed E-state index contributed by atoms with van der Waals surface area (Å²) in [4.78, 5) is 22.8. The van der Waals surface area contributed by atoms with E-state index in [9.17, 15) is 9.59 Å². The molecule has 6 nitrogen and oxygen atoms in total. The maximum atomic E-state index is 11.5. The Hall–Kier alpha value is -1.14. The molecule has 0 aromatic carbocycles. The Labute approximate surface area is 101 Å². The van der Waals surface area contributed by atoms with Crippen LogP contribution >= 0.6 is 0 Å². The van der Waals surface area contributed by atoms with Crippen LogP contribution in [0.1, 0.15) is 20.3 Å². The van der Waals surface area contributed by atoms with Gasteiger partial charge in [0, 0.05) is 19.1 Å². The van der Waals surface area contributed by atoms with Crippen LogP contribution in [-0.2, 0) is 19.1 Å². The van der Waals surface area contributed by atoms with E-state index >= 15 is 0 Å². The van der Waals surface area contributed by atoms with Crippen LogP contribution in [0.25, 0.3) is 0 Å². The van der Waals surface area contributed by atoms with Gasteiger partial charge in [0.1, 0.15) is 0 Å². The molecule has 98 valence electrons. The molecule has 6 heteroatoms. The van der Waals surface area contributed by atoms with Crippen LogP contribution in [0.15, 0.2) is 0 Å². The van der Waals surface area contributed by atoms with Gasteiger partial charge in [-0.3, -0.25) is 4.79 Å². The lowest BCUT2D eigenvalue weighted by Gasteiger charge is -2.16. The number of rotatable bonds is 5. The molecule has 3 unspecified atom stereocenters. The molecule has 0 aromatic heterocycles. The van der Waals surface area contributed by atoms with E-state index in [1.165, 1.54) is 0 Å². The van der Waals surface area contributed by atoms with Crippen molar-refractivity contribution in [2.45, 2.75) is 32.4 Å². The predicted molar refractivity (Wildman–Crippen MR) is 61.1 cm³/mol. The van der Waals surface area contributed by atoms with Gasteiger partial charge >= 0.3 is 5.97 Å². The van der Waals surface area contributed by atoms with Crippen molar-refractivity contribution in [2.75, 3.05) is 19.8 Å². The molecule has 3 atom stereocenters. The molecule has 0 aliphatic carbocycles. The lowest BCUT2D eigenvalue weighted by molar-refractivity contribution is -0.148. The van der Waals surface area contributed by atoms with E-state index < -0.39 is 17.9 Å². The third-order valence-corrected chi connectivity index (χ3v) is 2.89. The highest BCUT2D eigenvalue weighted by molar-refractivity contribution is 6.01. The van der Waals surface area contributed by atoms with Gasteiger partial charge in [-0.05, 0) is 20.3 Å². The van der Waals surface area contributed by atoms with Gasteiger partial charge in [0.2, 0.25) is 5.91 Å². The quantitative estimate of drug-likeness (QED) is 0.498. The van der Waals surface area contributed by atoms with Crippen LogP contribution in [0.4, 0.5) is 0 Å². The maximum Gasteiger partial charge on any atom is 0.332 e. The Balaban J connectivity index is 2.31. The highest BCUT2D eigenvalue weighted by atomic mass is 16.5. The molecule has 1 aliphatic rings. The molecular formula is C11H20N2O4. The molecule has 1 aliphatic heterocycles. The highest BCUT2D eigenvalue weighted by Gasteiger charge is 2.27. The first-order valence-corrected chi connectivity index (χ1v) is 5.87. The number of amides is 1. The molecule has 1 fully saturated rings. The first-order valence-electron chi connectivity index (χ1n) is 5.87. The summed E-state index contributed by atoms with van der Waals surface area (Å²) in [5.41, 5.74) is 5.45. The molecule has 0 spiro atoms. The van der Waals surface area contributed by atoms with Gasteiger partial charge in [-0.1, -0.05) is 0 Å². The molecule has 17 heavy (non-hydrogen) atoms. The van der Waals surface area contributed by atoms with Crippen molar-refractivity contribution in [1.82, 2.24) is 5.32 Å². The van der Waals surface area contributed by atoms with Crippen LogP contribution in [0.2, 0.25) is 0 Å². The Kier molecular flexibility index (Phi) is 5.37. The third kappa shape index (κ3) is 3.98. The number of hydrogen-bond acceptors (Lipinski definition) is 5. The van der Waals surface area contributed by atoms with Gasteiger partial charge in [0.15, 0.2) is 6.04 Å². The van der Waals surface area contributed by atoms with E-state index in [1.807, 2.05) is 6.92 Å². The number of carbonyl (C=O) groups is 2. The molecule has 0 radical (unpaired) electrons. The number of nitrogens with two attached hydrogens (primary N) is 1. The summed E-state index contributed by atoms with van der Waals surface area (Å²) >= 11 is 0. The molecule has 0 aromatic rings. The monoisotopic (exact) mass is 244 g/mol. The second-order valence-corrected chi connectivity index (χ2v) is 4.10. The van der Waals surface area contributed by atoms with Crippen molar-refractivity contribution in [3.63, 3.8) is 0 Å². The Morgan fingerprint density at radius 3 is 2.82 bits per heavy atom. The summed E-state index contributed by atoms with van der Waals surface area (Å²) in [5.74, 6) is -0.906. The summed E-state index contributed by atoms with van der Waals surface area (Å²) in [6, 6.07) is -1.24. The van der Waals surface area contributed by atoms with Gasteiger partial charge in [0.05, 0.1) is 12.7 Å². The zero-order chi connectivity index (χ0) is 12.8. The molecule has 1 amide bonds. The van der Waals surface area contributed by atoms with Gasteiger partial charge in [-0.2, -0.15) is 0 Å². The molecule has 3 N–H and O–H groups in total. The largest absolute Gasteiger partial charge is 0.464 e. The SMILES string of the molecule is CCOC(=O)C(N)C(=O)NCC1CCOC1C. The fraction of sp³-hybridized carbons (Fsp3) is 0.818. The standard InChI is InChI=1S/C11H20N2O4/c1-3-16-11(15)9(12)10(14)13-6-8-4-5-17-7(8)2/h7-9H,3-6,12H2,1-2H3,(H,13,14). The van der Waals surface area contributed by atoms with E-state index in [4.69, 9.17) is 10.5 Å². The highest BCUT2D eigenvalue weighted by Crippen LogP contribution is 2.19. The first-order chi connectivity index (χ1) is 8.06. The summed E-state index contributed by atoms with van der Waals surface area (Å²) in [6.07, 6.45) is 1.05. The van der Waals surface area contributed by atoms with E-state index in [1.54, 1.807) is 6.92 Å². The lowest BCUT2D eigenvalue weighted by Crippen LogP contribution is -2.48. The average Bonchev–Trinajstić information content (AvgIpc) is 2.71. The van der Waals surface area contributed by atoms with Crippen molar-refractivity contribution in [3.05, 3.63) is 0 Å². The minimum Gasteiger partial charge on any atom is -0.464 e. The van der Waals surface area contributed by atoms with Crippen LogP contribution < -0.4 is 11.1 Å². The number of carbonyl (C=O) groups excluding carboxylic acids is 2. The molecular weight excluding hydrogens is 224 g/mol. The van der Waals surface area contributed by atoms with E-state index in [2.05, 4.69) is 10.1 Å². The van der Waals surface area contributed by atoms with Crippen molar-refractivity contribution in [1.29, 1.82) is 0 Å². The Bertz CT molecular complexity index is 283. The topological polar surface area (TPSA) is 90.7 Å². The number of hydrogen-bond donors (Lipinski definition) is 2. The smallest absolute Gasteiger partial charge is 0.332 e. The van der Waals surface area contributed by atoms with Crippen molar-refractivity contribution >= 4 is 11.9 Å². The van der Waals surface area contributed by atoms with Crippen molar-refractivity contribution in [3.8, 4) is 0 Å². The number of nitrogens with one attached hydrogen (secondary N) is 1. The van der Waals surface area contributed by atoms with E-state index in [-0.39, 0.29) is 18.6 Å². The average molecular weight is 244 g/mol. The Morgan fingerprint density at radius 1 is 1.59 bits per heavy atom. The lowest BCUT2D eigenvalue weighted by atomic mass is 10.0. The number of esters is 1. The van der Waals surface area contributed by atoms with Gasteiger partial charge in [-0.25, -0.2) is 4.79 Å². The maximum absolute atomic E-state index is 11.5. The van der Waals surface area contributed by atoms with Crippen molar-refractivity contribution < 1.29 is 19.1 Å². The Morgan fingerprint density at radius 2 is 2.29 bits per heavy atom. The minimum absolute atomic E-state index is 0.133.